The van der Waals surface area contributed by atoms with Gasteiger partial charge in [0, 0.05) is 50.4 Å². The van der Waals surface area contributed by atoms with Crippen molar-refractivity contribution in [3.05, 3.63) is 59.7 Å². The normalized spacial score (nSPS) is 16.3. The van der Waals surface area contributed by atoms with Crippen LogP contribution in [0.3, 0.4) is 0 Å². The fourth-order valence-electron chi connectivity index (χ4n) is 4.50. The van der Waals surface area contributed by atoms with Crippen LogP contribution in [0.15, 0.2) is 53.5 Å². The maximum Gasteiger partial charge on any atom is 0.227 e. The van der Waals surface area contributed by atoms with Crippen LogP contribution in [-0.2, 0) is 22.7 Å². The van der Waals surface area contributed by atoms with Gasteiger partial charge >= 0.3 is 0 Å². The molecule has 1 saturated heterocycles. The van der Waals surface area contributed by atoms with E-state index < -0.39 is 0 Å². The number of benzene rings is 2. The van der Waals surface area contributed by atoms with E-state index in [1.54, 1.807) is 7.05 Å². The summed E-state index contributed by atoms with van der Waals surface area (Å²) in [6, 6.07) is 16.0. The Morgan fingerprint density at radius 2 is 1.71 bits per heavy atom. The largest absolute Gasteiger partial charge is 0.352 e. The predicted octanol–water partition coefficient (Wildman–Crippen LogP) is 4.43. The van der Waals surface area contributed by atoms with E-state index >= 15 is 0 Å². The van der Waals surface area contributed by atoms with Gasteiger partial charge in [-0.25, -0.2) is 0 Å². The number of rotatable bonds is 7. The smallest absolute Gasteiger partial charge is 0.227 e. The molecule has 0 atom stereocenters. The van der Waals surface area contributed by atoms with Gasteiger partial charge in [-0.05, 0) is 54.7 Å². The molecule has 0 radical (unpaired) electrons. The van der Waals surface area contributed by atoms with E-state index in [1.165, 1.54) is 0 Å². The van der Waals surface area contributed by atoms with E-state index in [2.05, 4.69) is 20.9 Å². The minimum Gasteiger partial charge on any atom is -0.352 e. The minimum atomic E-state index is 0. The average molecular weight is 575 g/mol. The van der Waals surface area contributed by atoms with Gasteiger partial charge in [-0.3, -0.25) is 14.6 Å². The highest BCUT2D eigenvalue weighted by Gasteiger charge is 2.23. The fraction of sp³-hybridized carbons (Fsp3) is 0.423. The summed E-state index contributed by atoms with van der Waals surface area (Å²) in [5.41, 5.74) is 3.99. The number of carbonyl (C=O) groups excluding carboxylic acids is 2. The molecule has 1 saturated carbocycles. The Morgan fingerprint density at radius 1 is 1.00 bits per heavy atom. The van der Waals surface area contributed by atoms with Crippen LogP contribution in [0, 0.1) is 5.92 Å². The van der Waals surface area contributed by atoms with Gasteiger partial charge in [-0.2, -0.15) is 0 Å². The molecule has 8 heteroatoms. The lowest BCUT2D eigenvalue weighted by atomic mass is 10.1. The van der Waals surface area contributed by atoms with Gasteiger partial charge in [0.2, 0.25) is 11.8 Å². The van der Waals surface area contributed by atoms with Crippen LogP contribution < -0.4 is 20.9 Å². The minimum absolute atomic E-state index is 0. The molecular weight excluding hydrogens is 541 g/mol. The Morgan fingerprint density at radius 3 is 2.35 bits per heavy atom. The molecular formula is C26H34IN5O2. The van der Waals surface area contributed by atoms with Gasteiger partial charge < -0.3 is 20.9 Å². The third kappa shape index (κ3) is 6.94. The molecule has 1 aliphatic heterocycles. The van der Waals surface area contributed by atoms with Crippen molar-refractivity contribution in [3.63, 3.8) is 0 Å². The summed E-state index contributed by atoms with van der Waals surface area (Å²) in [4.78, 5) is 30.5. The van der Waals surface area contributed by atoms with Crippen molar-refractivity contribution in [1.82, 2.24) is 10.6 Å². The summed E-state index contributed by atoms with van der Waals surface area (Å²) < 4.78 is 0. The molecule has 0 unspecified atom stereocenters. The zero-order chi connectivity index (χ0) is 23.0. The molecule has 1 aliphatic carbocycles. The summed E-state index contributed by atoms with van der Waals surface area (Å²) >= 11 is 0. The standard InChI is InChI=1S/C26H33N5O2.HI/c1-27-26(28-17-19-11-13-23(14-12-19)31-15-5-10-24(31)32)29-18-20-6-4-9-22(16-20)30-25(33)21-7-2-3-8-21;/h4,6,9,11-14,16,21H,2-3,5,7-8,10,15,17-18H2,1H3,(H,30,33)(H2,27,28,29);1H. The van der Waals surface area contributed by atoms with Crippen LogP contribution in [-0.4, -0.2) is 31.4 Å². The molecule has 0 aromatic heterocycles. The summed E-state index contributed by atoms with van der Waals surface area (Å²) in [7, 11) is 1.75. The van der Waals surface area contributed by atoms with Gasteiger partial charge in [-0.1, -0.05) is 37.1 Å². The Kier molecular flexibility index (Phi) is 9.74. The second-order valence-corrected chi connectivity index (χ2v) is 8.77. The number of hydrogen-bond donors (Lipinski definition) is 3. The highest BCUT2D eigenvalue weighted by molar-refractivity contribution is 14.0. The molecule has 182 valence electrons. The van der Waals surface area contributed by atoms with Crippen molar-refractivity contribution in [1.29, 1.82) is 0 Å². The Hall–Kier alpha value is -2.62. The van der Waals surface area contributed by atoms with Gasteiger partial charge in [0.25, 0.3) is 0 Å². The highest BCUT2D eigenvalue weighted by Crippen LogP contribution is 2.26. The lowest BCUT2D eigenvalue weighted by molar-refractivity contribution is -0.119. The molecule has 2 aromatic carbocycles. The molecule has 2 aromatic rings. The van der Waals surface area contributed by atoms with Crippen molar-refractivity contribution in [2.45, 2.75) is 51.6 Å². The zero-order valence-corrected chi connectivity index (χ0v) is 22.0. The summed E-state index contributed by atoms with van der Waals surface area (Å²) in [5, 5.41) is 9.72. The van der Waals surface area contributed by atoms with E-state index in [9.17, 15) is 9.59 Å². The van der Waals surface area contributed by atoms with Crippen LogP contribution in [0.5, 0.6) is 0 Å². The number of anilines is 2. The zero-order valence-electron chi connectivity index (χ0n) is 19.7. The van der Waals surface area contributed by atoms with Crippen LogP contribution in [0.4, 0.5) is 11.4 Å². The Balaban J connectivity index is 0.00000324. The molecule has 2 fully saturated rings. The van der Waals surface area contributed by atoms with Crippen molar-refractivity contribution in [2.75, 3.05) is 23.8 Å². The molecule has 4 rings (SSSR count). The lowest BCUT2D eigenvalue weighted by Gasteiger charge is -2.16. The van der Waals surface area contributed by atoms with Crippen molar-refractivity contribution >= 4 is 53.1 Å². The molecule has 1 heterocycles. The van der Waals surface area contributed by atoms with Gasteiger partial charge in [0.05, 0.1) is 0 Å². The van der Waals surface area contributed by atoms with Gasteiger partial charge in [0.15, 0.2) is 5.96 Å². The number of amides is 2. The third-order valence-electron chi connectivity index (χ3n) is 6.39. The molecule has 34 heavy (non-hydrogen) atoms. The third-order valence-corrected chi connectivity index (χ3v) is 6.39. The Labute approximate surface area is 218 Å². The van der Waals surface area contributed by atoms with E-state index in [4.69, 9.17) is 0 Å². The maximum atomic E-state index is 12.4. The summed E-state index contributed by atoms with van der Waals surface area (Å²) in [5.74, 6) is 1.19. The molecule has 0 bridgehead atoms. The fourth-order valence-corrected chi connectivity index (χ4v) is 4.50. The number of aliphatic imine (C=N–C) groups is 1. The monoisotopic (exact) mass is 575 g/mol. The number of guanidine groups is 1. The number of nitrogens with one attached hydrogen (secondary N) is 3. The second kappa shape index (κ2) is 12.7. The number of halogens is 1. The van der Waals surface area contributed by atoms with E-state index in [1.807, 2.05) is 53.4 Å². The van der Waals surface area contributed by atoms with Crippen molar-refractivity contribution < 1.29 is 9.59 Å². The first kappa shape index (κ1) is 26.0. The van der Waals surface area contributed by atoms with E-state index in [0.29, 0.717) is 25.5 Å². The summed E-state index contributed by atoms with van der Waals surface area (Å²) in [6.45, 7) is 2.03. The number of hydrogen-bond acceptors (Lipinski definition) is 3. The molecule has 0 spiro atoms. The van der Waals surface area contributed by atoms with Crippen LogP contribution in [0.1, 0.15) is 49.7 Å². The van der Waals surface area contributed by atoms with Gasteiger partial charge in [0.1, 0.15) is 0 Å². The first-order chi connectivity index (χ1) is 16.1. The molecule has 2 aliphatic rings. The molecule has 7 nitrogen and oxygen atoms in total. The van der Waals surface area contributed by atoms with Gasteiger partial charge in [-0.15, -0.1) is 24.0 Å². The summed E-state index contributed by atoms with van der Waals surface area (Å²) in [6.07, 6.45) is 5.86. The molecule has 2 amide bonds. The second-order valence-electron chi connectivity index (χ2n) is 8.77. The number of carbonyl (C=O) groups is 2. The van der Waals surface area contributed by atoms with Crippen molar-refractivity contribution in [2.24, 2.45) is 10.9 Å². The first-order valence-electron chi connectivity index (χ1n) is 11.9. The Bertz CT molecular complexity index is 1000. The highest BCUT2D eigenvalue weighted by atomic mass is 127. The molecule has 3 N–H and O–H groups in total. The topological polar surface area (TPSA) is 85.8 Å². The van der Waals surface area contributed by atoms with E-state index in [-0.39, 0.29) is 41.7 Å². The van der Waals surface area contributed by atoms with Crippen molar-refractivity contribution in [3.8, 4) is 0 Å². The SMILES string of the molecule is CN=C(NCc1ccc(N2CCCC2=O)cc1)NCc1cccc(NC(=O)C2CCCC2)c1.I. The van der Waals surface area contributed by atoms with Crippen LogP contribution >= 0.6 is 24.0 Å². The van der Waals surface area contributed by atoms with Crippen LogP contribution in [0.25, 0.3) is 0 Å². The van der Waals surface area contributed by atoms with Crippen LogP contribution in [0.2, 0.25) is 0 Å². The predicted molar refractivity (Wildman–Crippen MR) is 148 cm³/mol. The lowest BCUT2D eigenvalue weighted by Crippen LogP contribution is -2.36. The van der Waals surface area contributed by atoms with E-state index in [0.717, 1.165) is 61.2 Å². The first-order valence-corrected chi connectivity index (χ1v) is 11.9. The maximum absolute atomic E-state index is 12.4. The average Bonchev–Trinajstić information content (AvgIpc) is 3.52. The number of nitrogens with zero attached hydrogens (tertiary/aromatic N) is 2. The quantitative estimate of drug-likeness (QED) is 0.259.